The van der Waals surface area contributed by atoms with Crippen molar-refractivity contribution in [1.82, 2.24) is 4.90 Å². The van der Waals surface area contributed by atoms with Crippen LogP contribution in [0.25, 0.3) is 0 Å². The molecule has 1 rings (SSSR count). The Balaban J connectivity index is 2.98. The largest absolute Gasteiger partial charge is 0.480 e. The van der Waals surface area contributed by atoms with Gasteiger partial charge in [-0.2, -0.15) is 4.90 Å². The standard InChI is InChI=1S/C18H26N2O6/c1-18(2,3)26-17(24)20(14(15(21)22)10-7-11-19)16(23)25-12-13-8-5-4-6-9-13/h4-6,8-9,14H,7,10-12,19H2,1-3H3,(H,21,22)/t14-/m0/s1. The van der Waals surface area contributed by atoms with Gasteiger partial charge in [-0.1, -0.05) is 30.3 Å². The second-order valence-corrected chi connectivity index (χ2v) is 6.68. The number of amides is 2. The van der Waals surface area contributed by atoms with Gasteiger partial charge >= 0.3 is 18.2 Å². The predicted octanol–water partition coefficient (Wildman–Crippen LogP) is 2.75. The summed E-state index contributed by atoms with van der Waals surface area (Å²) in [5.74, 6) is -1.33. The van der Waals surface area contributed by atoms with E-state index in [2.05, 4.69) is 0 Å². The highest BCUT2D eigenvalue weighted by Gasteiger charge is 2.38. The minimum absolute atomic E-state index is 0.00547. The molecule has 0 aliphatic carbocycles. The molecule has 1 aromatic rings. The third-order valence-corrected chi connectivity index (χ3v) is 3.27. The van der Waals surface area contributed by atoms with Gasteiger partial charge in [0.1, 0.15) is 18.2 Å². The summed E-state index contributed by atoms with van der Waals surface area (Å²) < 4.78 is 10.3. The summed E-state index contributed by atoms with van der Waals surface area (Å²) >= 11 is 0. The summed E-state index contributed by atoms with van der Waals surface area (Å²) in [5.41, 5.74) is 5.23. The Kier molecular flexibility index (Phi) is 8.05. The first kappa shape index (κ1) is 21.4. The monoisotopic (exact) mass is 366 g/mol. The lowest BCUT2D eigenvalue weighted by Crippen LogP contribution is -2.50. The van der Waals surface area contributed by atoms with E-state index < -0.39 is 29.8 Å². The maximum Gasteiger partial charge on any atom is 0.420 e. The van der Waals surface area contributed by atoms with Gasteiger partial charge < -0.3 is 20.3 Å². The van der Waals surface area contributed by atoms with Gasteiger partial charge in [0.25, 0.3) is 0 Å². The minimum Gasteiger partial charge on any atom is -0.480 e. The summed E-state index contributed by atoms with van der Waals surface area (Å²) in [6, 6.07) is 7.43. The topological polar surface area (TPSA) is 119 Å². The molecule has 0 unspecified atom stereocenters. The molecule has 0 aromatic heterocycles. The molecule has 8 heteroatoms. The zero-order valence-corrected chi connectivity index (χ0v) is 15.3. The first-order valence-corrected chi connectivity index (χ1v) is 8.31. The molecule has 0 saturated carbocycles. The molecular formula is C18H26N2O6. The van der Waals surface area contributed by atoms with Crippen LogP contribution in [0.15, 0.2) is 30.3 Å². The maximum absolute atomic E-state index is 12.5. The highest BCUT2D eigenvalue weighted by molar-refractivity contribution is 5.93. The van der Waals surface area contributed by atoms with Crippen LogP contribution in [-0.4, -0.2) is 46.3 Å². The third kappa shape index (κ3) is 7.10. The van der Waals surface area contributed by atoms with Crippen LogP contribution < -0.4 is 5.73 Å². The summed E-state index contributed by atoms with van der Waals surface area (Å²) in [6.07, 6.45) is -1.82. The Morgan fingerprint density at radius 3 is 2.27 bits per heavy atom. The zero-order chi connectivity index (χ0) is 19.7. The van der Waals surface area contributed by atoms with E-state index in [1.807, 2.05) is 6.07 Å². The number of benzene rings is 1. The van der Waals surface area contributed by atoms with Crippen LogP contribution in [0.1, 0.15) is 39.2 Å². The summed E-state index contributed by atoms with van der Waals surface area (Å²) in [6.45, 7) is 4.99. The molecule has 0 bridgehead atoms. The molecule has 3 N–H and O–H groups in total. The molecule has 0 saturated heterocycles. The van der Waals surface area contributed by atoms with Gasteiger partial charge in [0.15, 0.2) is 0 Å². The molecule has 2 amide bonds. The molecule has 144 valence electrons. The number of nitrogens with two attached hydrogens (primary N) is 1. The van der Waals surface area contributed by atoms with Crippen molar-refractivity contribution in [2.24, 2.45) is 5.73 Å². The lowest BCUT2D eigenvalue weighted by Gasteiger charge is -2.29. The molecule has 1 atom stereocenters. The fourth-order valence-electron chi connectivity index (χ4n) is 2.10. The minimum atomic E-state index is -1.42. The highest BCUT2D eigenvalue weighted by Crippen LogP contribution is 2.17. The van der Waals surface area contributed by atoms with E-state index in [1.165, 1.54) is 0 Å². The van der Waals surface area contributed by atoms with Gasteiger partial charge in [-0.15, -0.1) is 0 Å². The lowest BCUT2D eigenvalue weighted by molar-refractivity contribution is -0.143. The average Bonchev–Trinajstić information content (AvgIpc) is 2.55. The number of rotatable bonds is 7. The van der Waals surface area contributed by atoms with E-state index in [1.54, 1.807) is 45.0 Å². The van der Waals surface area contributed by atoms with Crippen LogP contribution in [0.4, 0.5) is 9.59 Å². The number of nitrogens with zero attached hydrogens (tertiary/aromatic N) is 1. The SMILES string of the molecule is CC(C)(C)OC(=O)N(C(=O)OCc1ccccc1)[C@@H](CCCN)C(=O)O. The molecule has 8 nitrogen and oxygen atoms in total. The van der Waals surface area contributed by atoms with Crippen molar-refractivity contribution < 1.29 is 29.0 Å². The summed E-state index contributed by atoms with van der Waals surface area (Å²) in [7, 11) is 0. The second kappa shape index (κ2) is 9.76. The van der Waals surface area contributed by atoms with E-state index in [-0.39, 0.29) is 19.6 Å². The fraction of sp³-hybridized carbons (Fsp3) is 0.500. The number of hydrogen-bond donors (Lipinski definition) is 2. The number of hydrogen-bond acceptors (Lipinski definition) is 6. The first-order valence-electron chi connectivity index (χ1n) is 8.31. The van der Waals surface area contributed by atoms with Crippen LogP contribution in [0.3, 0.4) is 0 Å². The number of carbonyl (C=O) groups excluding carboxylic acids is 2. The number of aliphatic carboxylic acids is 1. The molecule has 26 heavy (non-hydrogen) atoms. The van der Waals surface area contributed by atoms with Gasteiger partial charge in [-0.05, 0) is 45.7 Å². The molecule has 0 fully saturated rings. The quantitative estimate of drug-likeness (QED) is 0.761. The van der Waals surface area contributed by atoms with Crippen LogP contribution >= 0.6 is 0 Å². The van der Waals surface area contributed by atoms with Gasteiger partial charge in [-0.3, -0.25) is 0 Å². The first-order chi connectivity index (χ1) is 12.2. The molecule has 0 radical (unpaired) electrons. The van der Waals surface area contributed by atoms with E-state index in [9.17, 15) is 19.5 Å². The lowest BCUT2D eigenvalue weighted by atomic mass is 10.1. The van der Waals surface area contributed by atoms with Crippen molar-refractivity contribution in [3.8, 4) is 0 Å². The number of imide groups is 1. The normalized spacial score (nSPS) is 12.2. The van der Waals surface area contributed by atoms with Crippen molar-refractivity contribution in [2.45, 2.75) is 51.9 Å². The number of carboxylic acid groups (broad SMARTS) is 1. The van der Waals surface area contributed by atoms with Gasteiger partial charge in [0.05, 0.1) is 0 Å². The van der Waals surface area contributed by atoms with Crippen molar-refractivity contribution >= 4 is 18.2 Å². The number of ether oxygens (including phenoxy) is 2. The Hall–Kier alpha value is -2.61. The van der Waals surface area contributed by atoms with Gasteiger partial charge in [0.2, 0.25) is 0 Å². The Morgan fingerprint density at radius 1 is 1.15 bits per heavy atom. The summed E-state index contributed by atoms with van der Waals surface area (Å²) in [4.78, 5) is 37.0. The zero-order valence-electron chi connectivity index (χ0n) is 15.3. The number of carbonyl (C=O) groups is 3. The van der Waals surface area contributed by atoms with Crippen molar-refractivity contribution in [3.05, 3.63) is 35.9 Å². The van der Waals surface area contributed by atoms with Crippen LogP contribution in [0, 0.1) is 0 Å². The second-order valence-electron chi connectivity index (χ2n) is 6.68. The third-order valence-electron chi connectivity index (χ3n) is 3.27. The highest BCUT2D eigenvalue weighted by atomic mass is 16.6. The van der Waals surface area contributed by atoms with Crippen molar-refractivity contribution in [3.63, 3.8) is 0 Å². The maximum atomic E-state index is 12.5. The predicted molar refractivity (Wildman–Crippen MR) is 94.4 cm³/mol. The van der Waals surface area contributed by atoms with E-state index in [0.717, 1.165) is 0 Å². The van der Waals surface area contributed by atoms with Crippen LogP contribution in [0.2, 0.25) is 0 Å². The smallest absolute Gasteiger partial charge is 0.420 e. The van der Waals surface area contributed by atoms with Crippen molar-refractivity contribution in [2.75, 3.05) is 6.54 Å². The fourth-order valence-corrected chi connectivity index (χ4v) is 2.10. The Bertz CT molecular complexity index is 612. The summed E-state index contributed by atoms with van der Waals surface area (Å²) in [5, 5.41) is 9.45. The van der Waals surface area contributed by atoms with E-state index in [4.69, 9.17) is 15.2 Å². The molecular weight excluding hydrogens is 340 g/mol. The Labute approximate surface area is 152 Å². The van der Waals surface area contributed by atoms with Crippen molar-refractivity contribution in [1.29, 1.82) is 0 Å². The molecule has 0 aliphatic heterocycles. The van der Waals surface area contributed by atoms with Gasteiger partial charge in [-0.25, -0.2) is 14.4 Å². The molecule has 0 spiro atoms. The van der Waals surface area contributed by atoms with Crippen LogP contribution in [-0.2, 0) is 20.9 Å². The number of carboxylic acids is 1. The molecule has 0 heterocycles. The Morgan fingerprint density at radius 2 is 1.77 bits per heavy atom. The molecule has 1 aromatic carbocycles. The molecule has 0 aliphatic rings. The van der Waals surface area contributed by atoms with Gasteiger partial charge in [0, 0.05) is 0 Å². The average molecular weight is 366 g/mol. The van der Waals surface area contributed by atoms with E-state index in [0.29, 0.717) is 16.9 Å². The van der Waals surface area contributed by atoms with Crippen LogP contribution in [0.5, 0.6) is 0 Å². The van der Waals surface area contributed by atoms with E-state index >= 15 is 0 Å².